The maximum atomic E-state index is 12.5. The van der Waals surface area contributed by atoms with E-state index in [1.807, 2.05) is 4.90 Å². The summed E-state index contributed by atoms with van der Waals surface area (Å²) >= 11 is 13.4. The van der Waals surface area contributed by atoms with E-state index in [1.54, 1.807) is 23.6 Å². The first-order chi connectivity index (χ1) is 11.5. The number of benzene rings is 1. The Bertz CT molecular complexity index is 730. The second-order valence-corrected chi connectivity index (χ2v) is 7.37. The number of piperazine rings is 1. The normalized spacial score (nSPS) is 15.5. The minimum Gasteiger partial charge on any atom is -0.485 e. The van der Waals surface area contributed by atoms with E-state index in [2.05, 4.69) is 16.9 Å². The van der Waals surface area contributed by atoms with Crippen LogP contribution in [-0.4, -0.2) is 53.9 Å². The molecule has 0 unspecified atom stereocenters. The summed E-state index contributed by atoms with van der Waals surface area (Å²) in [6.07, 6.45) is 0. The molecule has 0 saturated carbocycles. The van der Waals surface area contributed by atoms with Crippen LogP contribution < -0.4 is 4.74 Å². The van der Waals surface area contributed by atoms with Crippen molar-refractivity contribution in [3.8, 4) is 5.75 Å². The van der Waals surface area contributed by atoms with Crippen molar-refractivity contribution >= 4 is 40.4 Å². The van der Waals surface area contributed by atoms with Crippen molar-refractivity contribution in [2.24, 2.45) is 0 Å². The standard InChI is InChI=1S/C16H17Cl2N3O2S/c1-20-4-6-21(7-5-20)16(22)13-10-24-15(19-13)9-23-14-8-11(17)2-3-12(14)18/h2-3,8,10H,4-7,9H2,1H3. The molecule has 0 aliphatic carbocycles. The van der Waals surface area contributed by atoms with Crippen molar-refractivity contribution in [1.29, 1.82) is 0 Å². The van der Waals surface area contributed by atoms with Crippen LogP contribution in [0.1, 0.15) is 15.5 Å². The lowest BCUT2D eigenvalue weighted by Crippen LogP contribution is -2.47. The van der Waals surface area contributed by atoms with Gasteiger partial charge in [-0.25, -0.2) is 4.98 Å². The van der Waals surface area contributed by atoms with E-state index in [4.69, 9.17) is 27.9 Å². The Morgan fingerprint density at radius 1 is 1.29 bits per heavy atom. The van der Waals surface area contributed by atoms with Gasteiger partial charge in [0.15, 0.2) is 0 Å². The maximum Gasteiger partial charge on any atom is 0.273 e. The molecule has 0 bridgehead atoms. The molecule has 1 aliphatic heterocycles. The van der Waals surface area contributed by atoms with E-state index < -0.39 is 0 Å². The van der Waals surface area contributed by atoms with Gasteiger partial charge < -0.3 is 14.5 Å². The van der Waals surface area contributed by atoms with Crippen molar-refractivity contribution in [3.63, 3.8) is 0 Å². The second kappa shape index (κ2) is 7.70. The molecule has 128 valence electrons. The Labute approximate surface area is 154 Å². The van der Waals surface area contributed by atoms with E-state index in [-0.39, 0.29) is 12.5 Å². The number of carbonyl (C=O) groups excluding carboxylic acids is 1. The highest BCUT2D eigenvalue weighted by molar-refractivity contribution is 7.09. The van der Waals surface area contributed by atoms with E-state index in [9.17, 15) is 4.79 Å². The number of hydrogen-bond acceptors (Lipinski definition) is 5. The molecule has 0 spiro atoms. The Hall–Kier alpha value is -1.34. The lowest BCUT2D eigenvalue weighted by molar-refractivity contribution is 0.0658. The van der Waals surface area contributed by atoms with Gasteiger partial charge in [-0.15, -0.1) is 11.3 Å². The Morgan fingerprint density at radius 2 is 2.04 bits per heavy atom. The summed E-state index contributed by atoms with van der Waals surface area (Å²) in [6.45, 7) is 3.49. The van der Waals surface area contributed by atoms with Crippen LogP contribution >= 0.6 is 34.5 Å². The Kier molecular flexibility index (Phi) is 5.61. The summed E-state index contributed by atoms with van der Waals surface area (Å²) in [5.41, 5.74) is 0.473. The molecule has 1 aromatic heterocycles. The minimum atomic E-state index is -0.0219. The average molecular weight is 386 g/mol. The summed E-state index contributed by atoms with van der Waals surface area (Å²) < 4.78 is 5.66. The fourth-order valence-electron chi connectivity index (χ4n) is 2.37. The Balaban J connectivity index is 1.61. The van der Waals surface area contributed by atoms with Gasteiger partial charge in [-0.2, -0.15) is 0 Å². The van der Waals surface area contributed by atoms with Crippen LogP contribution in [0.15, 0.2) is 23.6 Å². The first kappa shape index (κ1) is 17.5. The van der Waals surface area contributed by atoms with Crippen molar-refractivity contribution < 1.29 is 9.53 Å². The third-order valence-corrected chi connectivity index (χ3v) is 5.18. The van der Waals surface area contributed by atoms with Gasteiger partial charge in [0, 0.05) is 42.6 Å². The molecule has 5 nitrogen and oxygen atoms in total. The van der Waals surface area contributed by atoms with Gasteiger partial charge in [-0.1, -0.05) is 23.2 Å². The van der Waals surface area contributed by atoms with E-state index in [0.29, 0.717) is 21.5 Å². The zero-order valence-corrected chi connectivity index (χ0v) is 15.5. The fraction of sp³-hybridized carbons (Fsp3) is 0.375. The van der Waals surface area contributed by atoms with Crippen LogP contribution in [-0.2, 0) is 6.61 Å². The molecule has 1 saturated heterocycles. The van der Waals surface area contributed by atoms with Gasteiger partial charge in [-0.05, 0) is 19.2 Å². The van der Waals surface area contributed by atoms with E-state index in [0.717, 1.165) is 31.2 Å². The minimum absolute atomic E-state index is 0.0219. The monoisotopic (exact) mass is 385 g/mol. The molecule has 1 aromatic carbocycles. The molecule has 2 heterocycles. The molecule has 1 aliphatic rings. The van der Waals surface area contributed by atoms with Gasteiger partial charge in [0.05, 0.1) is 5.02 Å². The predicted octanol–water partition coefficient (Wildman–Crippen LogP) is 3.42. The third kappa shape index (κ3) is 4.19. The summed E-state index contributed by atoms with van der Waals surface area (Å²) in [6, 6.07) is 5.05. The number of ether oxygens (including phenoxy) is 1. The van der Waals surface area contributed by atoms with Crippen LogP contribution in [0.5, 0.6) is 5.75 Å². The van der Waals surface area contributed by atoms with Crippen molar-refractivity contribution in [2.45, 2.75) is 6.61 Å². The van der Waals surface area contributed by atoms with Crippen LogP contribution in [0.25, 0.3) is 0 Å². The van der Waals surface area contributed by atoms with Crippen molar-refractivity contribution in [2.75, 3.05) is 33.2 Å². The number of hydrogen-bond donors (Lipinski definition) is 0. The molecule has 0 atom stereocenters. The number of carbonyl (C=O) groups is 1. The highest BCUT2D eigenvalue weighted by Crippen LogP contribution is 2.28. The summed E-state index contributed by atoms with van der Waals surface area (Å²) in [4.78, 5) is 20.9. The fourth-order valence-corrected chi connectivity index (χ4v) is 3.39. The molecular formula is C16H17Cl2N3O2S. The number of rotatable bonds is 4. The van der Waals surface area contributed by atoms with Crippen LogP contribution in [0.2, 0.25) is 10.0 Å². The molecule has 2 aromatic rings. The van der Waals surface area contributed by atoms with Crippen LogP contribution in [0.4, 0.5) is 0 Å². The van der Waals surface area contributed by atoms with E-state index >= 15 is 0 Å². The van der Waals surface area contributed by atoms with Gasteiger partial charge in [-0.3, -0.25) is 4.79 Å². The molecular weight excluding hydrogens is 369 g/mol. The molecule has 3 rings (SSSR count). The van der Waals surface area contributed by atoms with Gasteiger partial charge in [0.2, 0.25) is 0 Å². The Morgan fingerprint density at radius 3 is 2.79 bits per heavy atom. The summed E-state index contributed by atoms with van der Waals surface area (Å²) in [7, 11) is 2.06. The van der Waals surface area contributed by atoms with Crippen molar-refractivity contribution in [3.05, 3.63) is 44.3 Å². The number of thiazole rings is 1. The van der Waals surface area contributed by atoms with Crippen LogP contribution in [0, 0.1) is 0 Å². The van der Waals surface area contributed by atoms with Gasteiger partial charge in [0.1, 0.15) is 23.1 Å². The number of aromatic nitrogens is 1. The summed E-state index contributed by atoms with van der Waals surface area (Å²) in [5.74, 6) is 0.484. The molecule has 0 radical (unpaired) electrons. The average Bonchev–Trinajstić information content (AvgIpc) is 3.05. The zero-order chi connectivity index (χ0) is 17.1. The largest absolute Gasteiger partial charge is 0.485 e. The van der Waals surface area contributed by atoms with Gasteiger partial charge >= 0.3 is 0 Å². The second-order valence-electron chi connectivity index (χ2n) is 5.59. The first-order valence-electron chi connectivity index (χ1n) is 7.53. The lowest BCUT2D eigenvalue weighted by atomic mass is 10.3. The quantitative estimate of drug-likeness (QED) is 0.808. The smallest absolute Gasteiger partial charge is 0.273 e. The number of halogens is 2. The molecule has 24 heavy (non-hydrogen) atoms. The van der Waals surface area contributed by atoms with Crippen molar-refractivity contribution in [1.82, 2.24) is 14.8 Å². The third-order valence-electron chi connectivity index (χ3n) is 3.81. The molecule has 1 fully saturated rings. The highest BCUT2D eigenvalue weighted by Gasteiger charge is 2.22. The number of likely N-dealkylation sites (N-methyl/N-ethyl adjacent to an activating group) is 1. The molecule has 1 amide bonds. The number of nitrogens with zero attached hydrogens (tertiary/aromatic N) is 3. The maximum absolute atomic E-state index is 12.5. The highest BCUT2D eigenvalue weighted by atomic mass is 35.5. The van der Waals surface area contributed by atoms with Crippen LogP contribution in [0.3, 0.4) is 0 Å². The first-order valence-corrected chi connectivity index (χ1v) is 9.16. The number of amides is 1. The predicted molar refractivity (Wildman–Crippen MR) is 96.3 cm³/mol. The molecule has 0 N–H and O–H groups in total. The summed E-state index contributed by atoms with van der Waals surface area (Å²) in [5, 5.41) is 3.55. The topological polar surface area (TPSA) is 45.7 Å². The zero-order valence-electron chi connectivity index (χ0n) is 13.2. The van der Waals surface area contributed by atoms with Gasteiger partial charge in [0.25, 0.3) is 5.91 Å². The van der Waals surface area contributed by atoms with E-state index in [1.165, 1.54) is 11.3 Å². The molecule has 8 heteroatoms. The lowest BCUT2D eigenvalue weighted by Gasteiger charge is -2.31. The SMILES string of the molecule is CN1CCN(C(=O)c2csc(COc3cc(Cl)ccc3Cl)n2)CC1.